The minimum atomic E-state index is 0.0685. The molecule has 7 nitrogen and oxygen atoms in total. The zero-order valence-electron chi connectivity index (χ0n) is 15.3. The van der Waals surface area contributed by atoms with Crippen LogP contribution in [0.25, 0.3) is 0 Å². The second-order valence-corrected chi connectivity index (χ2v) is 5.71. The monoisotopic (exact) mass is 348 g/mol. The number of methoxy groups -OCH3 is 1. The lowest BCUT2D eigenvalue weighted by Crippen LogP contribution is -2.34. The number of guanidine groups is 1. The number of ether oxygens (including phenoxy) is 2. The zero-order valence-corrected chi connectivity index (χ0v) is 15.3. The van der Waals surface area contributed by atoms with Crippen molar-refractivity contribution in [2.24, 2.45) is 4.99 Å². The predicted molar refractivity (Wildman–Crippen MR) is 99.6 cm³/mol. The molecule has 0 bridgehead atoms. The molecule has 2 rings (SSSR count). The summed E-state index contributed by atoms with van der Waals surface area (Å²) >= 11 is 0. The molecule has 1 aliphatic rings. The standard InChI is InChI=1S/C18H28N4O3/c1-4-19-18(20-13-17(23)22-10-6-7-11-22)21-14-8-9-15(25-5-2)16(12-14)24-3/h8-9,12H,4-7,10-11,13H2,1-3H3,(H2,19,20,21). The summed E-state index contributed by atoms with van der Waals surface area (Å²) in [6.45, 7) is 7.02. The van der Waals surface area contributed by atoms with Gasteiger partial charge in [-0.25, -0.2) is 4.99 Å². The van der Waals surface area contributed by atoms with Gasteiger partial charge in [-0.05, 0) is 38.8 Å². The summed E-state index contributed by atoms with van der Waals surface area (Å²) in [4.78, 5) is 18.4. The quantitative estimate of drug-likeness (QED) is 0.583. The smallest absolute Gasteiger partial charge is 0.244 e. The molecular weight excluding hydrogens is 320 g/mol. The van der Waals surface area contributed by atoms with Crippen molar-refractivity contribution in [3.8, 4) is 11.5 Å². The number of carbonyl (C=O) groups is 1. The van der Waals surface area contributed by atoms with Gasteiger partial charge in [0.15, 0.2) is 17.5 Å². The van der Waals surface area contributed by atoms with E-state index in [1.165, 1.54) is 0 Å². The molecule has 1 aliphatic heterocycles. The minimum absolute atomic E-state index is 0.0685. The van der Waals surface area contributed by atoms with Crippen molar-refractivity contribution in [3.05, 3.63) is 18.2 Å². The summed E-state index contributed by atoms with van der Waals surface area (Å²) in [5.74, 6) is 1.98. The van der Waals surface area contributed by atoms with Crippen molar-refractivity contribution in [1.29, 1.82) is 0 Å². The number of nitrogens with one attached hydrogen (secondary N) is 2. The average Bonchev–Trinajstić information content (AvgIpc) is 3.15. The molecule has 0 saturated carbocycles. The van der Waals surface area contributed by atoms with Crippen molar-refractivity contribution in [2.75, 3.05) is 45.2 Å². The summed E-state index contributed by atoms with van der Waals surface area (Å²) in [5, 5.41) is 6.35. The van der Waals surface area contributed by atoms with E-state index in [9.17, 15) is 4.79 Å². The molecule has 1 aromatic rings. The van der Waals surface area contributed by atoms with Crippen molar-refractivity contribution in [3.63, 3.8) is 0 Å². The van der Waals surface area contributed by atoms with Gasteiger partial charge in [-0.3, -0.25) is 4.79 Å². The molecule has 0 aromatic heterocycles. The number of rotatable bonds is 7. The third kappa shape index (κ3) is 5.55. The minimum Gasteiger partial charge on any atom is -0.493 e. The van der Waals surface area contributed by atoms with Crippen LogP contribution < -0.4 is 20.1 Å². The Balaban J connectivity index is 2.04. The molecule has 2 N–H and O–H groups in total. The number of anilines is 1. The van der Waals surface area contributed by atoms with E-state index < -0.39 is 0 Å². The van der Waals surface area contributed by atoms with Gasteiger partial charge < -0.3 is 25.0 Å². The van der Waals surface area contributed by atoms with Crippen LogP contribution in [0.2, 0.25) is 0 Å². The van der Waals surface area contributed by atoms with Crippen LogP contribution in [0.3, 0.4) is 0 Å². The molecule has 25 heavy (non-hydrogen) atoms. The summed E-state index contributed by atoms with van der Waals surface area (Å²) in [6.07, 6.45) is 2.17. The van der Waals surface area contributed by atoms with E-state index in [0.29, 0.717) is 30.6 Å². The highest BCUT2D eigenvalue weighted by Gasteiger charge is 2.17. The number of hydrogen-bond acceptors (Lipinski definition) is 4. The van der Waals surface area contributed by atoms with Gasteiger partial charge in [0.25, 0.3) is 0 Å². The van der Waals surface area contributed by atoms with E-state index in [1.807, 2.05) is 36.9 Å². The molecule has 0 atom stereocenters. The lowest BCUT2D eigenvalue weighted by Gasteiger charge is -2.16. The van der Waals surface area contributed by atoms with E-state index in [0.717, 1.165) is 31.6 Å². The second kappa shape index (κ2) is 9.76. The molecule has 1 aromatic carbocycles. The number of benzene rings is 1. The zero-order chi connectivity index (χ0) is 18.1. The van der Waals surface area contributed by atoms with Crippen LogP contribution in [0.5, 0.6) is 11.5 Å². The van der Waals surface area contributed by atoms with Gasteiger partial charge in [0.05, 0.1) is 13.7 Å². The normalized spacial score (nSPS) is 14.4. The third-order valence-electron chi connectivity index (χ3n) is 3.90. The van der Waals surface area contributed by atoms with Crippen LogP contribution in [0, 0.1) is 0 Å². The van der Waals surface area contributed by atoms with E-state index >= 15 is 0 Å². The fraction of sp³-hybridized carbons (Fsp3) is 0.556. The SMILES string of the molecule is CCNC(=NCC(=O)N1CCCC1)Nc1ccc(OCC)c(OC)c1. The highest BCUT2D eigenvalue weighted by Crippen LogP contribution is 2.30. The van der Waals surface area contributed by atoms with Crippen LogP contribution in [0.1, 0.15) is 26.7 Å². The number of nitrogens with zero attached hydrogens (tertiary/aromatic N) is 2. The maximum Gasteiger partial charge on any atom is 0.244 e. The first kappa shape index (κ1) is 18.9. The molecule has 0 aliphatic carbocycles. The van der Waals surface area contributed by atoms with E-state index in [1.54, 1.807) is 7.11 Å². The molecule has 0 spiro atoms. The molecule has 7 heteroatoms. The topological polar surface area (TPSA) is 75.2 Å². The van der Waals surface area contributed by atoms with Crippen molar-refractivity contribution >= 4 is 17.6 Å². The van der Waals surface area contributed by atoms with Crippen LogP contribution in [0.4, 0.5) is 5.69 Å². The first-order valence-electron chi connectivity index (χ1n) is 8.81. The number of hydrogen-bond donors (Lipinski definition) is 2. The summed E-state index contributed by atoms with van der Waals surface area (Å²) in [5.41, 5.74) is 0.814. The van der Waals surface area contributed by atoms with Crippen molar-refractivity contribution in [1.82, 2.24) is 10.2 Å². The highest BCUT2D eigenvalue weighted by atomic mass is 16.5. The van der Waals surface area contributed by atoms with Crippen molar-refractivity contribution < 1.29 is 14.3 Å². The summed E-state index contributed by atoms with van der Waals surface area (Å²) < 4.78 is 10.9. The lowest BCUT2D eigenvalue weighted by molar-refractivity contribution is -0.128. The lowest BCUT2D eigenvalue weighted by atomic mass is 10.2. The van der Waals surface area contributed by atoms with Gasteiger partial charge >= 0.3 is 0 Å². The van der Waals surface area contributed by atoms with E-state index in [-0.39, 0.29) is 12.5 Å². The number of likely N-dealkylation sites (tertiary alicyclic amines) is 1. The Morgan fingerprint density at radius 3 is 2.64 bits per heavy atom. The number of carbonyl (C=O) groups excluding carboxylic acids is 1. The number of amides is 1. The van der Waals surface area contributed by atoms with Gasteiger partial charge in [-0.2, -0.15) is 0 Å². The van der Waals surface area contributed by atoms with Gasteiger partial charge in [0.1, 0.15) is 6.54 Å². The summed E-state index contributed by atoms with van der Waals surface area (Å²) in [6, 6.07) is 5.59. The first-order chi connectivity index (χ1) is 12.2. The molecular formula is C18H28N4O3. The molecule has 0 radical (unpaired) electrons. The van der Waals surface area contributed by atoms with Crippen LogP contribution in [0.15, 0.2) is 23.2 Å². The number of aliphatic imine (C=N–C) groups is 1. The first-order valence-corrected chi connectivity index (χ1v) is 8.81. The van der Waals surface area contributed by atoms with Gasteiger partial charge in [-0.15, -0.1) is 0 Å². The molecule has 1 amide bonds. The van der Waals surface area contributed by atoms with Gasteiger partial charge in [0.2, 0.25) is 5.91 Å². The Morgan fingerprint density at radius 1 is 1.24 bits per heavy atom. The molecule has 1 saturated heterocycles. The van der Waals surface area contributed by atoms with Crippen LogP contribution in [-0.2, 0) is 4.79 Å². The molecule has 1 heterocycles. The maximum atomic E-state index is 12.2. The molecule has 0 unspecified atom stereocenters. The Hall–Kier alpha value is -2.44. The molecule has 138 valence electrons. The Morgan fingerprint density at radius 2 is 2.00 bits per heavy atom. The fourth-order valence-corrected chi connectivity index (χ4v) is 2.68. The van der Waals surface area contributed by atoms with Gasteiger partial charge in [-0.1, -0.05) is 0 Å². The summed E-state index contributed by atoms with van der Waals surface area (Å²) in [7, 11) is 1.61. The van der Waals surface area contributed by atoms with E-state index in [2.05, 4.69) is 15.6 Å². The maximum absolute atomic E-state index is 12.2. The Kier molecular flexibility index (Phi) is 7.37. The highest BCUT2D eigenvalue weighted by molar-refractivity contribution is 5.95. The van der Waals surface area contributed by atoms with Crippen LogP contribution >= 0.6 is 0 Å². The van der Waals surface area contributed by atoms with E-state index in [4.69, 9.17) is 9.47 Å². The second-order valence-electron chi connectivity index (χ2n) is 5.71. The fourth-order valence-electron chi connectivity index (χ4n) is 2.68. The van der Waals surface area contributed by atoms with Gasteiger partial charge in [0, 0.05) is 31.4 Å². The Labute approximate surface area is 149 Å². The van der Waals surface area contributed by atoms with Crippen LogP contribution in [-0.4, -0.2) is 56.7 Å². The third-order valence-corrected chi connectivity index (χ3v) is 3.90. The van der Waals surface area contributed by atoms with Crippen molar-refractivity contribution in [2.45, 2.75) is 26.7 Å². The predicted octanol–water partition coefficient (Wildman–Crippen LogP) is 2.09. The average molecular weight is 348 g/mol. The largest absolute Gasteiger partial charge is 0.493 e. The Bertz CT molecular complexity index is 598. The molecule has 1 fully saturated rings.